The molecule has 2 aromatic rings. The molecule has 0 atom stereocenters. The van der Waals surface area contributed by atoms with E-state index >= 15 is 0 Å². The van der Waals surface area contributed by atoms with Gasteiger partial charge in [0.15, 0.2) is 4.90 Å². The molecule has 4 saturated carbocycles. The van der Waals surface area contributed by atoms with Crippen molar-refractivity contribution in [3.63, 3.8) is 0 Å². The Morgan fingerprint density at radius 3 is 2.00 bits per heavy atom. The Balaban J connectivity index is 1.44. The minimum absolute atomic E-state index is 0.253. The molecule has 0 amide bonds. The number of nitro groups is 1. The molecule has 0 N–H and O–H groups in total. The van der Waals surface area contributed by atoms with Gasteiger partial charge in [-0.3, -0.25) is 14.4 Å². The van der Waals surface area contributed by atoms with Crippen LogP contribution in [-0.4, -0.2) is 20.4 Å². The summed E-state index contributed by atoms with van der Waals surface area (Å²) in [5.74, 6) is 2.54. The van der Waals surface area contributed by atoms with Gasteiger partial charge in [0.2, 0.25) is 0 Å². The van der Waals surface area contributed by atoms with Gasteiger partial charge >= 0.3 is 0 Å². The number of nitrogens with zero attached hydrogens (tertiary/aromatic N) is 2. The van der Waals surface area contributed by atoms with Gasteiger partial charge in [-0.2, -0.15) is 0 Å². The number of benzene rings is 2. The Morgan fingerprint density at radius 2 is 1.47 bits per heavy atom. The number of anilines is 1. The molecule has 4 aliphatic carbocycles. The number of para-hydroxylation sites is 1. The predicted octanol–water partition coefficient (Wildman–Crippen LogP) is 4.89. The molecule has 4 fully saturated rings. The highest BCUT2D eigenvalue weighted by Crippen LogP contribution is 2.60. The molecule has 4 aliphatic rings. The normalized spacial score (nSPS) is 29.7. The number of hydrogen-bond donors (Lipinski definition) is 0. The van der Waals surface area contributed by atoms with Crippen LogP contribution in [0.4, 0.5) is 11.4 Å². The summed E-state index contributed by atoms with van der Waals surface area (Å²) in [6.07, 6.45) is 7.91. The Morgan fingerprint density at radius 1 is 0.933 bits per heavy atom. The summed E-state index contributed by atoms with van der Waals surface area (Å²) in [6.45, 7) is 0. The quantitative estimate of drug-likeness (QED) is 0.504. The molecule has 0 spiro atoms. The average molecular weight is 427 g/mol. The zero-order valence-corrected chi connectivity index (χ0v) is 17.8. The number of hydrogen-bond acceptors (Lipinski definition) is 4. The number of rotatable bonds is 5. The Labute approximate surface area is 177 Å². The molecule has 0 radical (unpaired) electrons. The van der Waals surface area contributed by atoms with Crippen molar-refractivity contribution in [2.24, 2.45) is 17.8 Å². The fourth-order valence-corrected chi connectivity index (χ4v) is 7.95. The lowest BCUT2D eigenvalue weighted by Gasteiger charge is -2.57. The molecule has 4 bridgehead atoms. The van der Waals surface area contributed by atoms with Crippen molar-refractivity contribution >= 4 is 21.4 Å². The van der Waals surface area contributed by atoms with Crippen LogP contribution in [0, 0.1) is 27.9 Å². The zero-order chi connectivity index (χ0) is 21.1. The first-order valence-corrected chi connectivity index (χ1v) is 12.1. The molecule has 158 valence electrons. The van der Waals surface area contributed by atoms with Crippen molar-refractivity contribution in [2.45, 2.75) is 48.8 Å². The monoisotopic (exact) mass is 426 g/mol. The summed E-state index contributed by atoms with van der Waals surface area (Å²) in [7, 11) is -2.58. The molecule has 0 aliphatic heterocycles. The van der Waals surface area contributed by atoms with Gasteiger partial charge in [0.25, 0.3) is 15.7 Å². The van der Waals surface area contributed by atoms with E-state index in [0.29, 0.717) is 5.69 Å². The van der Waals surface area contributed by atoms with Gasteiger partial charge in [-0.15, -0.1) is 0 Å². The van der Waals surface area contributed by atoms with E-state index in [4.69, 9.17) is 0 Å². The predicted molar refractivity (Wildman–Crippen MR) is 115 cm³/mol. The molecule has 0 heterocycles. The van der Waals surface area contributed by atoms with E-state index in [0.717, 1.165) is 22.1 Å². The molecular weight excluding hydrogens is 400 g/mol. The SMILES string of the molecule is CN(c1ccc(C23CC4CC(CC(C4)C2)C3)cc1)S(=O)(=O)c1ccccc1[N+](=O)[O-]. The summed E-state index contributed by atoms with van der Waals surface area (Å²) in [5.41, 5.74) is 1.68. The Hall–Kier alpha value is -2.41. The van der Waals surface area contributed by atoms with E-state index in [9.17, 15) is 18.5 Å². The largest absolute Gasteiger partial charge is 0.289 e. The first-order valence-electron chi connectivity index (χ1n) is 10.6. The Bertz CT molecular complexity index is 1060. The maximum absolute atomic E-state index is 13.1. The van der Waals surface area contributed by atoms with Crippen LogP contribution < -0.4 is 4.31 Å². The summed E-state index contributed by atoms with van der Waals surface area (Å²) < 4.78 is 27.3. The first-order chi connectivity index (χ1) is 14.3. The zero-order valence-electron chi connectivity index (χ0n) is 17.0. The highest BCUT2D eigenvalue weighted by Gasteiger charge is 2.51. The first kappa shape index (κ1) is 19.5. The van der Waals surface area contributed by atoms with Crippen molar-refractivity contribution in [3.8, 4) is 0 Å². The maximum Gasteiger partial charge on any atom is 0.289 e. The Kier molecular flexibility index (Phi) is 4.43. The highest BCUT2D eigenvalue weighted by molar-refractivity contribution is 7.93. The van der Waals surface area contributed by atoms with Crippen LogP contribution in [0.25, 0.3) is 0 Å². The van der Waals surface area contributed by atoms with Crippen molar-refractivity contribution < 1.29 is 13.3 Å². The molecule has 6 rings (SSSR count). The van der Waals surface area contributed by atoms with Crippen molar-refractivity contribution in [1.82, 2.24) is 0 Å². The van der Waals surface area contributed by atoms with E-state index in [-0.39, 0.29) is 10.3 Å². The van der Waals surface area contributed by atoms with Crippen LogP contribution in [0.15, 0.2) is 53.4 Å². The van der Waals surface area contributed by atoms with Gasteiger partial charge in [0.1, 0.15) is 0 Å². The van der Waals surface area contributed by atoms with Crippen molar-refractivity contribution in [1.29, 1.82) is 0 Å². The molecular formula is C23H26N2O4S. The fourth-order valence-electron chi connectivity index (χ4n) is 6.60. The molecule has 0 aromatic heterocycles. The van der Waals surface area contributed by atoms with Gasteiger partial charge < -0.3 is 0 Å². The van der Waals surface area contributed by atoms with E-state index in [1.165, 1.54) is 75.4 Å². The topological polar surface area (TPSA) is 80.5 Å². The van der Waals surface area contributed by atoms with Gasteiger partial charge in [0, 0.05) is 13.1 Å². The number of sulfonamides is 1. The van der Waals surface area contributed by atoms with Gasteiger partial charge in [-0.1, -0.05) is 24.3 Å². The number of nitro benzene ring substituents is 1. The second-order valence-electron chi connectivity index (χ2n) is 9.44. The van der Waals surface area contributed by atoms with Crippen molar-refractivity contribution in [3.05, 3.63) is 64.2 Å². The molecule has 7 heteroatoms. The molecule has 2 aromatic carbocycles. The third kappa shape index (κ3) is 3.02. The lowest BCUT2D eigenvalue weighted by atomic mass is 9.48. The molecule has 0 saturated heterocycles. The average Bonchev–Trinajstić information content (AvgIpc) is 2.72. The fraction of sp³-hybridized carbons (Fsp3) is 0.478. The van der Waals surface area contributed by atoms with Crippen molar-refractivity contribution in [2.75, 3.05) is 11.4 Å². The maximum atomic E-state index is 13.1. The summed E-state index contributed by atoms with van der Waals surface area (Å²) in [4.78, 5) is 10.4. The van der Waals surface area contributed by atoms with E-state index in [2.05, 4.69) is 12.1 Å². The van der Waals surface area contributed by atoms with Crippen LogP contribution in [0.1, 0.15) is 44.1 Å². The second-order valence-corrected chi connectivity index (χ2v) is 11.4. The lowest BCUT2D eigenvalue weighted by molar-refractivity contribution is -0.387. The van der Waals surface area contributed by atoms with E-state index in [1.807, 2.05) is 12.1 Å². The molecule has 0 unspecified atom stereocenters. The third-order valence-corrected chi connectivity index (χ3v) is 9.41. The summed E-state index contributed by atoms with van der Waals surface area (Å²) >= 11 is 0. The third-order valence-electron chi connectivity index (χ3n) is 7.58. The van der Waals surface area contributed by atoms with Crippen LogP contribution >= 0.6 is 0 Å². The molecule has 6 nitrogen and oxygen atoms in total. The lowest BCUT2D eigenvalue weighted by Crippen LogP contribution is -2.48. The van der Waals surface area contributed by atoms with Crippen LogP contribution in [0.3, 0.4) is 0 Å². The van der Waals surface area contributed by atoms with Gasteiger partial charge in [-0.05, 0) is 85.5 Å². The molecule has 30 heavy (non-hydrogen) atoms. The summed E-state index contributed by atoms with van der Waals surface area (Å²) in [6, 6.07) is 13.3. The smallest absolute Gasteiger partial charge is 0.269 e. The van der Waals surface area contributed by atoms with Gasteiger partial charge in [0.05, 0.1) is 10.6 Å². The van der Waals surface area contributed by atoms with E-state index in [1.54, 1.807) is 0 Å². The highest BCUT2D eigenvalue weighted by atomic mass is 32.2. The van der Waals surface area contributed by atoms with Crippen LogP contribution in [0.5, 0.6) is 0 Å². The minimum Gasteiger partial charge on any atom is -0.269 e. The standard InChI is InChI=1S/C23H26N2O4S/c1-24(30(28,29)22-5-3-2-4-21(22)25(26)27)20-8-6-19(7-9-20)23-13-16-10-17(14-23)12-18(11-16)15-23/h2-9,16-18H,10-15H2,1H3. The minimum atomic E-state index is -4.03. The summed E-state index contributed by atoms with van der Waals surface area (Å²) in [5, 5.41) is 11.3. The van der Waals surface area contributed by atoms with Crippen LogP contribution in [-0.2, 0) is 15.4 Å². The van der Waals surface area contributed by atoms with E-state index < -0.39 is 20.6 Å². The van der Waals surface area contributed by atoms with Crippen LogP contribution in [0.2, 0.25) is 0 Å². The second kappa shape index (κ2) is 6.80. The van der Waals surface area contributed by atoms with Gasteiger partial charge in [-0.25, -0.2) is 8.42 Å².